The Hall–Kier alpha value is -1.12. The SMILES string of the molecule is CCCC(C)(C)Nc1ncc(C)cn1. The fourth-order valence-corrected chi connectivity index (χ4v) is 1.45. The van der Waals surface area contributed by atoms with Gasteiger partial charge < -0.3 is 5.32 Å². The molecule has 0 bridgehead atoms. The highest BCUT2D eigenvalue weighted by atomic mass is 15.1. The number of aryl methyl sites for hydroxylation is 1. The van der Waals surface area contributed by atoms with Crippen LogP contribution in [-0.4, -0.2) is 15.5 Å². The van der Waals surface area contributed by atoms with Gasteiger partial charge in [0.15, 0.2) is 0 Å². The standard InChI is InChI=1S/C11H19N3/c1-5-6-11(3,4)14-10-12-7-9(2)8-13-10/h7-8H,5-6H2,1-4H3,(H,12,13,14). The van der Waals surface area contributed by atoms with Gasteiger partial charge in [-0.25, -0.2) is 9.97 Å². The molecule has 0 atom stereocenters. The number of nitrogens with zero attached hydrogens (tertiary/aromatic N) is 2. The average Bonchev–Trinajstić information content (AvgIpc) is 2.08. The number of hydrogen-bond donors (Lipinski definition) is 1. The molecule has 0 aliphatic rings. The minimum atomic E-state index is 0.0734. The van der Waals surface area contributed by atoms with Gasteiger partial charge in [-0.05, 0) is 32.8 Å². The van der Waals surface area contributed by atoms with Gasteiger partial charge in [-0.3, -0.25) is 0 Å². The van der Waals surface area contributed by atoms with Gasteiger partial charge >= 0.3 is 0 Å². The normalized spacial score (nSPS) is 11.4. The molecule has 0 spiro atoms. The molecule has 1 aromatic heterocycles. The topological polar surface area (TPSA) is 37.8 Å². The number of hydrogen-bond acceptors (Lipinski definition) is 3. The maximum Gasteiger partial charge on any atom is 0.223 e. The Morgan fingerprint density at radius 1 is 1.29 bits per heavy atom. The smallest absolute Gasteiger partial charge is 0.223 e. The van der Waals surface area contributed by atoms with E-state index in [1.165, 1.54) is 0 Å². The van der Waals surface area contributed by atoms with Crippen molar-refractivity contribution >= 4 is 5.95 Å². The molecule has 3 heteroatoms. The number of nitrogens with one attached hydrogen (secondary N) is 1. The Labute approximate surface area is 86.0 Å². The van der Waals surface area contributed by atoms with Gasteiger partial charge in [0.05, 0.1) is 0 Å². The first-order valence-electron chi connectivity index (χ1n) is 5.10. The van der Waals surface area contributed by atoms with E-state index in [4.69, 9.17) is 0 Å². The van der Waals surface area contributed by atoms with Gasteiger partial charge in [0.1, 0.15) is 0 Å². The molecule has 1 heterocycles. The van der Waals surface area contributed by atoms with Crippen LogP contribution in [0.25, 0.3) is 0 Å². The van der Waals surface area contributed by atoms with Gasteiger partial charge in [0.25, 0.3) is 0 Å². The summed E-state index contributed by atoms with van der Waals surface area (Å²) in [6.07, 6.45) is 5.94. The molecule has 0 fully saturated rings. The molecule has 0 aliphatic heterocycles. The molecular formula is C11H19N3. The van der Waals surface area contributed by atoms with Crippen LogP contribution in [0, 0.1) is 6.92 Å². The lowest BCUT2D eigenvalue weighted by molar-refractivity contribution is 0.506. The van der Waals surface area contributed by atoms with Crippen LogP contribution < -0.4 is 5.32 Å². The van der Waals surface area contributed by atoms with Crippen molar-refractivity contribution in [2.45, 2.75) is 46.1 Å². The molecule has 3 nitrogen and oxygen atoms in total. The first-order chi connectivity index (χ1) is 6.53. The summed E-state index contributed by atoms with van der Waals surface area (Å²) in [5.41, 5.74) is 1.16. The lowest BCUT2D eigenvalue weighted by Gasteiger charge is -2.25. The van der Waals surface area contributed by atoms with Crippen molar-refractivity contribution in [1.82, 2.24) is 9.97 Å². The molecule has 0 radical (unpaired) electrons. The third-order valence-corrected chi connectivity index (χ3v) is 2.11. The van der Waals surface area contributed by atoms with Crippen molar-refractivity contribution in [2.24, 2.45) is 0 Å². The van der Waals surface area contributed by atoms with E-state index in [-0.39, 0.29) is 5.54 Å². The summed E-state index contributed by atoms with van der Waals surface area (Å²) in [6.45, 7) is 8.50. The summed E-state index contributed by atoms with van der Waals surface area (Å²) in [4.78, 5) is 8.45. The predicted octanol–water partition coefficient (Wildman–Crippen LogP) is 2.78. The fraction of sp³-hybridized carbons (Fsp3) is 0.636. The zero-order chi connectivity index (χ0) is 10.6. The second-order valence-electron chi connectivity index (χ2n) is 4.34. The van der Waals surface area contributed by atoms with Gasteiger partial charge in [-0.2, -0.15) is 0 Å². The van der Waals surface area contributed by atoms with E-state index in [1.807, 2.05) is 19.3 Å². The highest BCUT2D eigenvalue weighted by Gasteiger charge is 2.16. The van der Waals surface area contributed by atoms with Crippen molar-refractivity contribution in [3.63, 3.8) is 0 Å². The molecule has 1 rings (SSSR count). The predicted molar refractivity (Wildman–Crippen MR) is 59.4 cm³/mol. The Morgan fingerprint density at radius 3 is 2.36 bits per heavy atom. The highest BCUT2D eigenvalue weighted by Crippen LogP contribution is 2.16. The minimum absolute atomic E-state index is 0.0734. The van der Waals surface area contributed by atoms with Gasteiger partial charge in [0.2, 0.25) is 5.95 Å². The summed E-state index contributed by atoms with van der Waals surface area (Å²) >= 11 is 0. The molecule has 1 N–H and O–H groups in total. The van der Waals surface area contributed by atoms with E-state index in [0.29, 0.717) is 5.95 Å². The Balaban J connectivity index is 2.64. The van der Waals surface area contributed by atoms with Crippen molar-refractivity contribution < 1.29 is 0 Å². The van der Waals surface area contributed by atoms with Crippen molar-refractivity contribution in [2.75, 3.05) is 5.32 Å². The zero-order valence-electron chi connectivity index (χ0n) is 9.46. The minimum Gasteiger partial charge on any atom is -0.349 e. The fourth-order valence-electron chi connectivity index (χ4n) is 1.45. The summed E-state index contributed by atoms with van der Waals surface area (Å²) in [7, 11) is 0. The van der Waals surface area contributed by atoms with E-state index < -0.39 is 0 Å². The van der Waals surface area contributed by atoms with Crippen LogP contribution in [0.3, 0.4) is 0 Å². The molecule has 78 valence electrons. The Bertz CT molecular complexity index is 277. The molecule has 0 aromatic carbocycles. The van der Waals surface area contributed by atoms with Crippen molar-refractivity contribution in [1.29, 1.82) is 0 Å². The lowest BCUT2D eigenvalue weighted by atomic mass is 9.99. The number of aromatic nitrogens is 2. The maximum absolute atomic E-state index is 4.22. The van der Waals surface area contributed by atoms with Crippen LogP contribution in [0.15, 0.2) is 12.4 Å². The third-order valence-electron chi connectivity index (χ3n) is 2.11. The molecule has 1 aromatic rings. The van der Waals surface area contributed by atoms with Crippen LogP contribution in [-0.2, 0) is 0 Å². The molecule has 0 amide bonds. The maximum atomic E-state index is 4.22. The van der Waals surface area contributed by atoms with Gasteiger partial charge in [0, 0.05) is 17.9 Å². The lowest BCUT2D eigenvalue weighted by Crippen LogP contribution is -2.31. The molecular weight excluding hydrogens is 174 g/mol. The number of rotatable bonds is 4. The van der Waals surface area contributed by atoms with E-state index in [9.17, 15) is 0 Å². The van der Waals surface area contributed by atoms with Gasteiger partial charge in [-0.1, -0.05) is 13.3 Å². The molecule has 0 aliphatic carbocycles. The van der Waals surface area contributed by atoms with Crippen LogP contribution >= 0.6 is 0 Å². The second kappa shape index (κ2) is 4.40. The first kappa shape index (κ1) is 11.0. The largest absolute Gasteiger partial charge is 0.349 e. The van der Waals surface area contributed by atoms with Crippen LogP contribution in [0.2, 0.25) is 0 Å². The summed E-state index contributed by atoms with van der Waals surface area (Å²) in [6, 6.07) is 0. The van der Waals surface area contributed by atoms with Crippen molar-refractivity contribution in [3.8, 4) is 0 Å². The van der Waals surface area contributed by atoms with Crippen LogP contribution in [0.5, 0.6) is 0 Å². The van der Waals surface area contributed by atoms with Crippen molar-refractivity contribution in [3.05, 3.63) is 18.0 Å². The molecule has 0 saturated heterocycles. The third kappa shape index (κ3) is 3.32. The van der Waals surface area contributed by atoms with E-state index in [0.717, 1.165) is 18.4 Å². The van der Waals surface area contributed by atoms with Crippen LogP contribution in [0.1, 0.15) is 39.2 Å². The Kier molecular flexibility index (Phi) is 3.44. The average molecular weight is 193 g/mol. The zero-order valence-corrected chi connectivity index (χ0v) is 9.46. The highest BCUT2D eigenvalue weighted by molar-refractivity contribution is 5.28. The summed E-state index contributed by atoms with van der Waals surface area (Å²) in [5, 5.41) is 3.32. The first-order valence-corrected chi connectivity index (χ1v) is 5.10. The molecule has 0 saturated carbocycles. The van der Waals surface area contributed by atoms with E-state index in [1.54, 1.807) is 0 Å². The summed E-state index contributed by atoms with van der Waals surface area (Å²) in [5.74, 6) is 0.717. The summed E-state index contributed by atoms with van der Waals surface area (Å²) < 4.78 is 0. The quantitative estimate of drug-likeness (QED) is 0.799. The molecule has 0 unspecified atom stereocenters. The second-order valence-corrected chi connectivity index (χ2v) is 4.34. The number of anilines is 1. The monoisotopic (exact) mass is 193 g/mol. The molecule has 14 heavy (non-hydrogen) atoms. The van der Waals surface area contributed by atoms with Crippen LogP contribution in [0.4, 0.5) is 5.95 Å². The Morgan fingerprint density at radius 2 is 1.86 bits per heavy atom. The van der Waals surface area contributed by atoms with E-state index in [2.05, 4.69) is 36.1 Å². The van der Waals surface area contributed by atoms with Gasteiger partial charge in [-0.15, -0.1) is 0 Å². The van der Waals surface area contributed by atoms with E-state index >= 15 is 0 Å².